The third-order valence-corrected chi connectivity index (χ3v) is 3.33. The third kappa shape index (κ3) is 1.57. The highest BCUT2D eigenvalue weighted by atomic mass is 35.5. The Balaban J connectivity index is 0.000000845. The normalized spacial score (nSPS) is 25.0. The average molecular weight is 220 g/mol. The largest absolute Gasteiger partial charge is 0.481 e. The lowest BCUT2D eigenvalue weighted by Gasteiger charge is -2.09. The first kappa shape index (κ1) is 10.5. The Bertz CT molecular complexity index is 326. The van der Waals surface area contributed by atoms with Crippen LogP contribution in [0, 0.1) is 5.92 Å². The van der Waals surface area contributed by atoms with Crippen LogP contribution < -0.4 is 5.73 Å². The summed E-state index contributed by atoms with van der Waals surface area (Å²) in [7, 11) is 0. The maximum Gasteiger partial charge on any atom is 0.308 e. The summed E-state index contributed by atoms with van der Waals surface area (Å²) in [5, 5.41) is 10.8. The Morgan fingerprint density at radius 1 is 1.69 bits per heavy atom. The highest BCUT2D eigenvalue weighted by Crippen LogP contribution is 2.37. The van der Waals surface area contributed by atoms with Gasteiger partial charge in [0, 0.05) is 4.88 Å². The molecule has 0 aliphatic heterocycles. The number of carboxylic acid groups (broad SMARTS) is 1. The molecule has 5 heteroatoms. The Kier molecular flexibility index (Phi) is 2.95. The number of nitrogens with two attached hydrogens (primary N) is 1. The molecule has 2 atom stereocenters. The fraction of sp³-hybridized carbons (Fsp3) is 0.375. The van der Waals surface area contributed by atoms with Crippen LogP contribution in [0.2, 0.25) is 0 Å². The topological polar surface area (TPSA) is 63.3 Å². The number of rotatable bonds is 1. The number of carbonyl (C=O) groups is 1. The van der Waals surface area contributed by atoms with E-state index in [0.717, 1.165) is 10.4 Å². The van der Waals surface area contributed by atoms with E-state index >= 15 is 0 Å². The van der Waals surface area contributed by atoms with Crippen molar-refractivity contribution in [1.82, 2.24) is 0 Å². The van der Waals surface area contributed by atoms with Crippen molar-refractivity contribution in [3.8, 4) is 0 Å². The van der Waals surface area contributed by atoms with E-state index < -0.39 is 11.9 Å². The minimum Gasteiger partial charge on any atom is -0.481 e. The second-order valence-corrected chi connectivity index (χ2v) is 3.93. The van der Waals surface area contributed by atoms with Gasteiger partial charge in [0.25, 0.3) is 0 Å². The Morgan fingerprint density at radius 2 is 2.38 bits per heavy atom. The van der Waals surface area contributed by atoms with Crippen LogP contribution in [0.1, 0.15) is 16.5 Å². The molecule has 3 nitrogen and oxygen atoms in total. The number of hydrogen-bond acceptors (Lipinski definition) is 3. The first-order valence-corrected chi connectivity index (χ1v) is 4.63. The van der Waals surface area contributed by atoms with Crippen molar-refractivity contribution in [2.45, 2.75) is 12.5 Å². The zero-order valence-corrected chi connectivity index (χ0v) is 8.40. The lowest BCUT2D eigenvalue weighted by atomic mass is 10.0. The van der Waals surface area contributed by atoms with E-state index in [2.05, 4.69) is 0 Å². The van der Waals surface area contributed by atoms with E-state index in [-0.39, 0.29) is 18.4 Å². The summed E-state index contributed by atoms with van der Waals surface area (Å²) in [6.07, 6.45) is 0.593. The highest BCUT2D eigenvalue weighted by molar-refractivity contribution is 7.10. The summed E-state index contributed by atoms with van der Waals surface area (Å²) < 4.78 is 0. The molecule has 0 saturated carbocycles. The van der Waals surface area contributed by atoms with Crippen LogP contribution in [0.5, 0.6) is 0 Å². The quantitative estimate of drug-likeness (QED) is 0.751. The predicted octanol–water partition coefficient (Wildman–Crippen LogP) is 1.43. The maximum atomic E-state index is 10.7. The first-order chi connectivity index (χ1) is 5.70. The van der Waals surface area contributed by atoms with Crippen LogP contribution in [-0.4, -0.2) is 11.1 Å². The summed E-state index contributed by atoms with van der Waals surface area (Å²) >= 11 is 1.55. The molecule has 0 radical (unpaired) electrons. The standard InChI is InChI=1S/C8H9NO2S.ClH/c9-6-5(8(10)11)3-4-1-2-12-7(4)6;/h1-2,5-6H,3,9H2,(H,10,11);1H/t5-,6+;/m1./s1. The molecule has 3 N–H and O–H groups in total. The monoisotopic (exact) mass is 219 g/mol. The Labute approximate surface area is 86.0 Å². The van der Waals surface area contributed by atoms with E-state index in [9.17, 15) is 4.79 Å². The van der Waals surface area contributed by atoms with E-state index in [1.54, 1.807) is 11.3 Å². The second-order valence-electron chi connectivity index (χ2n) is 2.98. The van der Waals surface area contributed by atoms with Crippen molar-refractivity contribution >= 4 is 29.7 Å². The molecule has 1 aromatic rings. The summed E-state index contributed by atoms with van der Waals surface area (Å²) in [4.78, 5) is 11.7. The smallest absolute Gasteiger partial charge is 0.308 e. The van der Waals surface area contributed by atoms with Gasteiger partial charge in [0.15, 0.2) is 0 Å². The van der Waals surface area contributed by atoms with Gasteiger partial charge >= 0.3 is 5.97 Å². The second kappa shape index (κ2) is 3.65. The number of carboxylic acids is 1. The van der Waals surface area contributed by atoms with Crippen molar-refractivity contribution in [2.75, 3.05) is 0 Å². The Hall–Kier alpha value is -0.580. The molecule has 0 fully saturated rings. The van der Waals surface area contributed by atoms with Crippen LogP contribution >= 0.6 is 23.7 Å². The number of aliphatic carboxylic acids is 1. The maximum absolute atomic E-state index is 10.7. The van der Waals surface area contributed by atoms with Crippen LogP contribution in [0.4, 0.5) is 0 Å². The fourth-order valence-corrected chi connectivity index (χ4v) is 2.60. The van der Waals surface area contributed by atoms with E-state index in [4.69, 9.17) is 10.8 Å². The van der Waals surface area contributed by atoms with E-state index in [1.807, 2.05) is 11.4 Å². The molecule has 2 rings (SSSR count). The van der Waals surface area contributed by atoms with Crippen LogP contribution in [0.3, 0.4) is 0 Å². The van der Waals surface area contributed by atoms with Crippen molar-refractivity contribution in [3.05, 3.63) is 21.9 Å². The summed E-state index contributed by atoms with van der Waals surface area (Å²) in [6, 6.07) is 1.67. The predicted molar refractivity (Wildman–Crippen MR) is 53.3 cm³/mol. The van der Waals surface area contributed by atoms with Crippen LogP contribution in [-0.2, 0) is 11.2 Å². The molecule has 0 saturated heterocycles. The van der Waals surface area contributed by atoms with Gasteiger partial charge in [-0.05, 0) is 23.4 Å². The third-order valence-electron chi connectivity index (χ3n) is 2.27. The Morgan fingerprint density at radius 3 is 2.92 bits per heavy atom. The van der Waals surface area contributed by atoms with Crippen molar-refractivity contribution in [1.29, 1.82) is 0 Å². The zero-order chi connectivity index (χ0) is 8.72. The molecular formula is C8H10ClNO2S. The minimum atomic E-state index is -0.786. The lowest BCUT2D eigenvalue weighted by Crippen LogP contribution is -2.24. The van der Waals surface area contributed by atoms with Gasteiger partial charge in [0.05, 0.1) is 12.0 Å². The molecule has 0 amide bonds. The summed E-state index contributed by atoms with van der Waals surface area (Å²) in [6.45, 7) is 0. The van der Waals surface area contributed by atoms with Crippen LogP contribution in [0.15, 0.2) is 11.4 Å². The molecule has 1 aromatic heterocycles. The number of fused-ring (bicyclic) bond motifs is 1. The molecule has 1 aliphatic carbocycles. The van der Waals surface area contributed by atoms with Crippen molar-refractivity contribution in [2.24, 2.45) is 11.7 Å². The molecular weight excluding hydrogens is 210 g/mol. The van der Waals surface area contributed by atoms with Gasteiger partial charge in [-0.2, -0.15) is 0 Å². The molecule has 13 heavy (non-hydrogen) atoms. The average Bonchev–Trinajstić information content (AvgIpc) is 2.53. The summed E-state index contributed by atoms with van der Waals surface area (Å²) in [5.74, 6) is -1.20. The van der Waals surface area contributed by atoms with Gasteiger partial charge in [-0.25, -0.2) is 0 Å². The van der Waals surface area contributed by atoms with Gasteiger partial charge in [-0.3, -0.25) is 4.79 Å². The number of halogens is 1. The van der Waals surface area contributed by atoms with Crippen molar-refractivity contribution < 1.29 is 9.90 Å². The van der Waals surface area contributed by atoms with Gasteiger partial charge < -0.3 is 10.8 Å². The van der Waals surface area contributed by atoms with Gasteiger partial charge in [0.1, 0.15) is 0 Å². The molecule has 72 valence electrons. The molecule has 1 aliphatic rings. The molecule has 0 spiro atoms. The molecule has 1 heterocycles. The molecule has 0 aromatic carbocycles. The fourth-order valence-electron chi connectivity index (χ4n) is 1.60. The van der Waals surface area contributed by atoms with E-state index in [0.29, 0.717) is 6.42 Å². The zero-order valence-electron chi connectivity index (χ0n) is 6.77. The van der Waals surface area contributed by atoms with Gasteiger partial charge in [-0.1, -0.05) is 0 Å². The first-order valence-electron chi connectivity index (χ1n) is 3.75. The summed E-state index contributed by atoms with van der Waals surface area (Å²) in [5.41, 5.74) is 6.88. The highest BCUT2D eigenvalue weighted by Gasteiger charge is 2.35. The van der Waals surface area contributed by atoms with Gasteiger partial charge in [-0.15, -0.1) is 23.7 Å². The lowest BCUT2D eigenvalue weighted by molar-refractivity contribution is -0.142. The van der Waals surface area contributed by atoms with E-state index in [1.165, 1.54) is 0 Å². The minimum absolute atomic E-state index is 0. The number of thiophene rings is 1. The molecule has 0 unspecified atom stereocenters. The van der Waals surface area contributed by atoms with Crippen molar-refractivity contribution in [3.63, 3.8) is 0 Å². The van der Waals surface area contributed by atoms with Gasteiger partial charge in [0.2, 0.25) is 0 Å². The molecule has 0 bridgehead atoms. The number of hydrogen-bond donors (Lipinski definition) is 2. The SMILES string of the molecule is Cl.N[C@@H]1c2sccc2C[C@H]1C(=O)O. The van der Waals surface area contributed by atoms with Crippen LogP contribution in [0.25, 0.3) is 0 Å².